The lowest BCUT2D eigenvalue weighted by Gasteiger charge is -2.40. The largest absolute Gasteiger partial charge is 0.444 e. The van der Waals surface area contributed by atoms with Gasteiger partial charge in [0, 0.05) is 13.1 Å². The molecule has 0 heterocycles. The first-order valence-electron chi connectivity index (χ1n) is 10.0. The van der Waals surface area contributed by atoms with E-state index in [0.29, 0.717) is 12.5 Å². The van der Waals surface area contributed by atoms with Crippen molar-refractivity contribution in [2.75, 3.05) is 13.1 Å². The van der Waals surface area contributed by atoms with Crippen molar-refractivity contribution in [3.63, 3.8) is 0 Å². The van der Waals surface area contributed by atoms with Gasteiger partial charge in [-0.2, -0.15) is 0 Å². The van der Waals surface area contributed by atoms with Crippen LogP contribution in [0, 0.1) is 17.8 Å². The van der Waals surface area contributed by atoms with Gasteiger partial charge in [-0.05, 0) is 64.2 Å². The van der Waals surface area contributed by atoms with Crippen molar-refractivity contribution < 1.29 is 9.53 Å². The standard InChI is InChI=1S/C22H37NO2/c1-6-17(2)11-12-23(21(24)25-22(3,4)5)16-20-14-19(15-20)13-18-9-7-8-10-18/h6,18-20H,1-2,7-16H2,3-5H3. The zero-order valence-electron chi connectivity index (χ0n) is 16.6. The van der Waals surface area contributed by atoms with Crippen molar-refractivity contribution in [2.45, 2.75) is 77.7 Å². The van der Waals surface area contributed by atoms with Crippen LogP contribution in [0.2, 0.25) is 0 Å². The highest BCUT2D eigenvalue weighted by Crippen LogP contribution is 2.42. The predicted molar refractivity (Wildman–Crippen MR) is 105 cm³/mol. The van der Waals surface area contributed by atoms with Gasteiger partial charge in [0.15, 0.2) is 0 Å². The number of hydrogen-bond acceptors (Lipinski definition) is 2. The van der Waals surface area contributed by atoms with E-state index in [9.17, 15) is 4.79 Å². The molecule has 2 fully saturated rings. The van der Waals surface area contributed by atoms with Gasteiger partial charge in [-0.1, -0.05) is 50.5 Å². The molecule has 2 aliphatic carbocycles. The minimum Gasteiger partial charge on any atom is -0.444 e. The zero-order valence-corrected chi connectivity index (χ0v) is 16.6. The first-order valence-corrected chi connectivity index (χ1v) is 10.0. The summed E-state index contributed by atoms with van der Waals surface area (Å²) in [7, 11) is 0. The van der Waals surface area contributed by atoms with E-state index in [-0.39, 0.29) is 6.09 Å². The van der Waals surface area contributed by atoms with Crippen molar-refractivity contribution in [3.8, 4) is 0 Å². The van der Waals surface area contributed by atoms with Gasteiger partial charge in [-0.3, -0.25) is 0 Å². The van der Waals surface area contributed by atoms with E-state index < -0.39 is 5.60 Å². The van der Waals surface area contributed by atoms with E-state index in [1.807, 2.05) is 25.7 Å². The summed E-state index contributed by atoms with van der Waals surface area (Å²) in [6.07, 6.45) is 12.1. The van der Waals surface area contributed by atoms with Crippen molar-refractivity contribution in [2.24, 2.45) is 17.8 Å². The summed E-state index contributed by atoms with van der Waals surface area (Å²) in [4.78, 5) is 14.4. The number of carbonyl (C=O) groups is 1. The molecular formula is C22H37NO2. The van der Waals surface area contributed by atoms with E-state index in [0.717, 1.165) is 30.4 Å². The lowest BCUT2D eigenvalue weighted by atomic mass is 9.70. The zero-order chi connectivity index (χ0) is 18.4. The van der Waals surface area contributed by atoms with Crippen LogP contribution in [0.3, 0.4) is 0 Å². The fourth-order valence-corrected chi connectivity index (χ4v) is 4.21. The van der Waals surface area contributed by atoms with Gasteiger partial charge in [0.2, 0.25) is 0 Å². The average Bonchev–Trinajstić information content (AvgIpc) is 2.99. The second-order valence-corrected chi connectivity index (χ2v) is 9.13. The molecule has 2 aliphatic rings. The molecule has 0 N–H and O–H groups in total. The third kappa shape index (κ3) is 6.87. The molecule has 25 heavy (non-hydrogen) atoms. The van der Waals surface area contributed by atoms with Gasteiger partial charge in [-0.25, -0.2) is 4.79 Å². The third-order valence-electron chi connectivity index (χ3n) is 5.60. The number of rotatable bonds is 8. The molecule has 2 rings (SSSR count). The maximum atomic E-state index is 12.5. The molecule has 0 radical (unpaired) electrons. The fraction of sp³-hybridized carbons (Fsp3) is 0.773. The number of hydrogen-bond donors (Lipinski definition) is 0. The summed E-state index contributed by atoms with van der Waals surface area (Å²) >= 11 is 0. The Morgan fingerprint density at radius 3 is 2.36 bits per heavy atom. The van der Waals surface area contributed by atoms with Gasteiger partial charge in [0.1, 0.15) is 5.60 Å². The quantitative estimate of drug-likeness (QED) is 0.507. The monoisotopic (exact) mass is 347 g/mol. The van der Waals surface area contributed by atoms with Crippen LogP contribution in [-0.2, 0) is 4.74 Å². The van der Waals surface area contributed by atoms with Gasteiger partial charge in [0.25, 0.3) is 0 Å². The second-order valence-electron chi connectivity index (χ2n) is 9.13. The smallest absolute Gasteiger partial charge is 0.410 e. The van der Waals surface area contributed by atoms with Crippen molar-refractivity contribution in [1.29, 1.82) is 0 Å². The Morgan fingerprint density at radius 1 is 1.16 bits per heavy atom. The molecule has 142 valence electrons. The maximum Gasteiger partial charge on any atom is 0.410 e. The molecule has 3 heteroatoms. The number of carbonyl (C=O) groups excluding carboxylic acids is 1. The van der Waals surface area contributed by atoms with Crippen molar-refractivity contribution >= 4 is 6.09 Å². The third-order valence-corrected chi connectivity index (χ3v) is 5.60. The highest BCUT2D eigenvalue weighted by molar-refractivity contribution is 5.68. The second kappa shape index (κ2) is 8.91. The highest BCUT2D eigenvalue weighted by atomic mass is 16.6. The lowest BCUT2D eigenvalue weighted by Crippen LogP contribution is -2.43. The van der Waals surface area contributed by atoms with Crippen molar-refractivity contribution in [3.05, 3.63) is 24.8 Å². The summed E-state index contributed by atoms with van der Waals surface area (Å²) in [6.45, 7) is 15.0. The molecule has 3 nitrogen and oxygen atoms in total. The van der Waals surface area contributed by atoms with E-state index in [4.69, 9.17) is 4.74 Å². The van der Waals surface area contributed by atoms with Gasteiger partial charge >= 0.3 is 6.09 Å². The van der Waals surface area contributed by atoms with E-state index >= 15 is 0 Å². The summed E-state index contributed by atoms with van der Waals surface area (Å²) in [5, 5.41) is 0. The molecule has 0 aliphatic heterocycles. The van der Waals surface area contributed by atoms with Gasteiger partial charge in [-0.15, -0.1) is 0 Å². The number of amides is 1. The summed E-state index contributed by atoms with van der Waals surface area (Å²) in [5.41, 5.74) is 0.524. The molecule has 1 amide bonds. The molecule has 0 spiro atoms. The Labute approximate surface area is 154 Å². The Hall–Kier alpha value is -1.25. The molecule has 0 aromatic heterocycles. The molecule has 0 aromatic rings. The first-order chi connectivity index (χ1) is 11.8. The van der Waals surface area contributed by atoms with Crippen LogP contribution in [0.15, 0.2) is 24.8 Å². The van der Waals surface area contributed by atoms with Gasteiger partial charge < -0.3 is 9.64 Å². The van der Waals surface area contributed by atoms with E-state index in [1.54, 1.807) is 6.08 Å². The fourth-order valence-electron chi connectivity index (χ4n) is 4.21. The highest BCUT2D eigenvalue weighted by Gasteiger charge is 2.34. The minimum absolute atomic E-state index is 0.191. The van der Waals surface area contributed by atoms with Crippen LogP contribution in [0.25, 0.3) is 0 Å². The SMILES string of the molecule is C=CC(=C)CCN(CC1CC(CC2CCCC2)C1)C(=O)OC(C)(C)C. The molecule has 0 aromatic carbocycles. The maximum absolute atomic E-state index is 12.5. The Balaban J connectivity index is 1.80. The number of allylic oxidation sites excluding steroid dienone is 1. The van der Waals surface area contributed by atoms with Crippen LogP contribution in [-0.4, -0.2) is 29.7 Å². The average molecular weight is 348 g/mol. The van der Waals surface area contributed by atoms with E-state index in [1.165, 1.54) is 44.9 Å². The number of ether oxygens (including phenoxy) is 1. The molecular weight excluding hydrogens is 310 g/mol. The Bertz CT molecular complexity index is 465. The van der Waals surface area contributed by atoms with Crippen LogP contribution >= 0.6 is 0 Å². The first kappa shape index (κ1) is 20.1. The summed E-state index contributed by atoms with van der Waals surface area (Å²) in [6, 6.07) is 0. The molecule has 2 saturated carbocycles. The Kier molecular flexibility index (Phi) is 7.15. The van der Waals surface area contributed by atoms with Crippen LogP contribution in [0.1, 0.15) is 72.1 Å². The topological polar surface area (TPSA) is 29.5 Å². The van der Waals surface area contributed by atoms with Crippen molar-refractivity contribution in [1.82, 2.24) is 4.90 Å². The van der Waals surface area contributed by atoms with Crippen LogP contribution < -0.4 is 0 Å². The summed E-state index contributed by atoms with van der Waals surface area (Å²) < 4.78 is 5.60. The van der Waals surface area contributed by atoms with Crippen LogP contribution in [0.4, 0.5) is 4.79 Å². The molecule has 0 bridgehead atoms. The molecule has 0 atom stereocenters. The molecule has 0 saturated heterocycles. The Morgan fingerprint density at radius 2 is 1.80 bits per heavy atom. The van der Waals surface area contributed by atoms with Crippen LogP contribution in [0.5, 0.6) is 0 Å². The lowest BCUT2D eigenvalue weighted by molar-refractivity contribution is 0.0150. The van der Waals surface area contributed by atoms with Gasteiger partial charge in [0.05, 0.1) is 0 Å². The predicted octanol–water partition coefficient (Wildman–Crippen LogP) is 5.96. The van der Waals surface area contributed by atoms with E-state index in [2.05, 4.69) is 13.2 Å². The number of nitrogens with zero attached hydrogens (tertiary/aromatic N) is 1. The summed E-state index contributed by atoms with van der Waals surface area (Å²) in [5.74, 6) is 2.50. The minimum atomic E-state index is -0.449. The molecule has 0 unspecified atom stereocenters. The normalized spacial score (nSPS) is 23.8.